The molecule has 1 saturated heterocycles. The molecule has 2 heterocycles. The van der Waals surface area contributed by atoms with Gasteiger partial charge in [-0.2, -0.15) is 0 Å². The molecule has 0 bridgehead atoms. The standard InChI is InChI=1S/C30H37N5O3/c1-17(2)14-24-28(36)33-25(21-15-19-10-6-7-11-20(19)16-21)30(38)35(24)26(29(37)31-18(3)4)27-32-22-12-8-9-13-23(22)34(27)5/h6-13,17-18,21,24-26H,14-16H2,1-5H3,(H,31,37)(H,33,36)/t24-,25?,26-/m1/s1. The van der Waals surface area contributed by atoms with E-state index >= 15 is 0 Å². The van der Waals surface area contributed by atoms with Crippen LogP contribution >= 0.6 is 0 Å². The van der Waals surface area contributed by atoms with Crippen molar-refractivity contribution in [2.24, 2.45) is 18.9 Å². The Labute approximate surface area is 223 Å². The Kier molecular flexibility index (Phi) is 6.99. The first-order valence-electron chi connectivity index (χ1n) is 13.6. The summed E-state index contributed by atoms with van der Waals surface area (Å²) in [6.07, 6.45) is 1.87. The Hall–Kier alpha value is -3.68. The van der Waals surface area contributed by atoms with E-state index in [2.05, 4.69) is 22.8 Å². The highest BCUT2D eigenvalue weighted by molar-refractivity contribution is 6.00. The number of piperazine rings is 1. The summed E-state index contributed by atoms with van der Waals surface area (Å²) in [5.74, 6) is -0.231. The molecule has 2 aromatic carbocycles. The van der Waals surface area contributed by atoms with Crippen LogP contribution in [0, 0.1) is 11.8 Å². The molecule has 2 N–H and O–H groups in total. The summed E-state index contributed by atoms with van der Waals surface area (Å²) < 4.78 is 1.87. The average molecular weight is 516 g/mol. The maximum atomic E-state index is 14.4. The number of fused-ring (bicyclic) bond motifs is 2. The summed E-state index contributed by atoms with van der Waals surface area (Å²) in [5.41, 5.74) is 4.02. The molecule has 3 atom stereocenters. The van der Waals surface area contributed by atoms with Crippen LogP contribution in [0.4, 0.5) is 0 Å². The number of rotatable bonds is 7. The van der Waals surface area contributed by atoms with Crippen molar-refractivity contribution >= 4 is 28.8 Å². The van der Waals surface area contributed by atoms with Gasteiger partial charge in [0.15, 0.2) is 6.04 Å². The number of imidazole rings is 1. The van der Waals surface area contributed by atoms with Gasteiger partial charge in [0, 0.05) is 13.1 Å². The lowest BCUT2D eigenvalue weighted by Gasteiger charge is -2.44. The largest absolute Gasteiger partial charge is 0.352 e. The average Bonchev–Trinajstić information content (AvgIpc) is 3.44. The van der Waals surface area contributed by atoms with Crippen LogP contribution in [0.3, 0.4) is 0 Å². The minimum absolute atomic E-state index is 0.0689. The predicted molar refractivity (Wildman–Crippen MR) is 146 cm³/mol. The number of benzene rings is 2. The van der Waals surface area contributed by atoms with Gasteiger partial charge in [-0.05, 0) is 68.2 Å². The molecule has 8 nitrogen and oxygen atoms in total. The molecular formula is C30H37N5O3. The molecule has 1 aliphatic heterocycles. The minimum atomic E-state index is -1.04. The third-order valence-corrected chi connectivity index (χ3v) is 7.73. The Morgan fingerprint density at radius 3 is 2.26 bits per heavy atom. The Bertz CT molecular complexity index is 1350. The highest BCUT2D eigenvalue weighted by Gasteiger charge is 2.50. The zero-order chi connectivity index (χ0) is 27.1. The van der Waals surface area contributed by atoms with Gasteiger partial charge in [-0.1, -0.05) is 50.2 Å². The monoisotopic (exact) mass is 515 g/mol. The first-order valence-corrected chi connectivity index (χ1v) is 13.6. The Morgan fingerprint density at radius 2 is 1.66 bits per heavy atom. The van der Waals surface area contributed by atoms with Gasteiger partial charge < -0.3 is 20.1 Å². The number of carbonyl (C=O) groups is 3. The van der Waals surface area contributed by atoms with Gasteiger partial charge in [-0.3, -0.25) is 14.4 Å². The molecule has 0 saturated carbocycles. The lowest BCUT2D eigenvalue weighted by atomic mass is 9.89. The molecule has 3 aromatic rings. The zero-order valence-electron chi connectivity index (χ0n) is 22.8. The van der Waals surface area contributed by atoms with E-state index in [1.807, 2.05) is 75.7 Å². The molecule has 1 unspecified atom stereocenters. The molecule has 2 aliphatic rings. The van der Waals surface area contributed by atoms with Crippen LogP contribution in [0.25, 0.3) is 11.0 Å². The predicted octanol–water partition coefficient (Wildman–Crippen LogP) is 3.30. The fourth-order valence-corrected chi connectivity index (χ4v) is 6.01. The second-order valence-electron chi connectivity index (χ2n) is 11.4. The lowest BCUT2D eigenvalue weighted by molar-refractivity contribution is -0.158. The van der Waals surface area contributed by atoms with Crippen LogP contribution in [0.1, 0.15) is 57.1 Å². The SMILES string of the molecule is CC(C)C[C@@H]1C(=O)NC(C2Cc3ccccc3C2)C(=O)N1[C@@H](C(=O)NC(C)C)c1nc2ccccc2n1C. The van der Waals surface area contributed by atoms with Crippen LogP contribution in [-0.2, 0) is 34.3 Å². The number of nitrogens with one attached hydrogen (secondary N) is 2. The molecule has 200 valence electrons. The van der Waals surface area contributed by atoms with Crippen molar-refractivity contribution in [3.8, 4) is 0 Å². The van der Waals surface area contributed by atoms with Crippen LogP contribution in [0.2, 0.25) is 0 Å². The molecule has 38 heavy (non-hydrogen) atoms. The van der Waals surface area contributed by atoms with E-state index in [9.17, 15) is 14.4 Å². The molecule has 8 heteroatoms. The summed E-state index contributed by atoms with van der Waals surface area (Å²) in [5, 5.41) is 6.07. The van der Waals surface area contributed by atoms with Crippen molar-refractivity contribution in [3.05, 3.63) is 65.5 Å². The Balaban J connectivity index is 1.60. The number of aromatic nitrogens is 2. The van der Waals surface area contributed by atoms with E-state index in [1.54, 1.807) is 4.90 Å². The van der Waals surface area contributed by atoms with Crippen LogP contribution < -0.4 is 10.6 Å². The van der Waals surface area contributed by atoms with Crippen molar-refractivity contribution in [2.45, 2.75) is 71.1 Å². The quantitative estimate of drug-likeness (QED) is 0.505. The lowest BCUT2D eigenvalue weighted by Crippen LogP contribution is -2.67. The number of amides is 3. The van der Waals surface area contributed by atoms with E-state index in [4.69, 9.17) is 4.98 Å². The molecule has 0 spiro atoms. The van der Waals surface area contributed by atoms with Crippen molar-refractivity contribution < 1.29 is 14.4 Å². The first kappa shape index (κ1) is 25.9. The molecule has 1 aromatic heterocycles. The van der Waals surface area contributed by atoms with Crippen molar-refractivity contribution in [1.29, 1.82) is 0 Å². The minimum Gasteiger partial charge on any atom is -0.352 e. The number of aryl methyl sites for hydroxylation is 1. The van der Waals surface area contributed by atoms with Crippen LogP contribution in [-0.4, -0.2) is 50.3 Å². The van der Waals surface area contributed by atoms with Crippen molar-refractivity contribution in [2.75, 3.05) is 0 Å². The zero-order valence-corrected chi connectivity index (χ0v) is 22.8. The van der Waals surface area contributed by atoms with Crippen LogP contribution in [0.15, 0.2) is 48.5 Å². The number of hydrogen-bond donors (Lipinski definition) is 2. The summed E-state index contributed by atoms with van der Waals surface area (Å²) in [6, 6.07) is 13.2. The van der Waals surface area contributed by atoms with Gasteiger partial charge in [0.25, 0.3) is 5.91 Å². The number of nitrogens with zero attached hydrogens (tertiary/aromatic N) is 3. The van der Waals surface area contributed by atoms with Gasteiger partial charge in [-0.15, -0.1) is 0 Å². The highest BCUT2D eigenvalue weighted by atomic mass is 16.2. The summed E-state index contributed by atoms with van der Waals surface area (Å²) in [4.78, 5) is 48.4. The first-order chi connectivity index (χ1) is 18.2. The molecule has 0 radical (unpaired) electrons. The second-order valence-corrected chi connectivity index (χ2v) is 11.4. The number of carbonyl (C=O) groups excluding carboxylic acids is 3. The maximum Gasteiger partial charge on any atom is 0.250 e. The number of hydrogen-bond acceptors (Lipinski definition) is 4. The fraction of sp³-hybridized carbons (Fsp3) is 0.467. The Morgan fingerprint density at radius 1 is 1.03 bits per heavy atom. The third kappa shape index (κ3) is 4.68. The highest BCUT2D eigenvalue weighted by Crippen LogP contribution is 2.35. The third-order valence-electron chi connectivity index (χ3n) is 7.73. The summed E-state index contributed by atoms with van der Waals surface area (Å²) in [7, 11) is 1.86. The van der Waals surface area contributed by atoms with E-state index in [-0.39, 0.29) is 35.6 Å². The normalized spacial score (nSPS) is 20.8. The summed E-state index contributed by atoms with van der Waals surface area (Å²) in [6.45, 7) is 7.82. The second kappa shape index (κ2) is 10.2. The van der Waals surface area contributed by atoms with Gasteiger partial charge in [-0.25, -0.2) is 4.98 Å². The topological polar surface area (TPSA) is 96.3 Å². The van der Waals surface area contributed by atoms with Gasteiger partial charge in [0.05, 0.1) is 11.0 Å². The van der Waals surface area contributed by atoms with Crippen molar-refractivity contribution in [1.82, 2.24) is 25.1 Å². The molecule has 3 amide bonds. The van der Waals surface area contributed by atoms with Gasteiger partial charge in [0.2, 0.25) is 11.8 Å². The molecule has 1 fully saturated rings. The van der Waals surface area contributed by atoms with Crippen LogP contribution in [0.5, 0.6) is 0 Å². The van der Waals surface area contributed by atoms with E-state index < -0.39 is 18.1 Å². The van der Waals surface area contributed by atoms with Gasteiger partial charge in [0.1, 0.15) is 17.9 Å². The molecule has 1 aliphatic carbocycles. The fourth-order valence-electron chi connectivity index (χ4n) is 6.01. The number of para-hydroxylation sites is 2. The van der Waals surface area contributed by atoms with Crippen molar-refractivity contribution in [3.63, 3.8) is 0 Å². The molecular weight excluding hydrogens is 478 g/mol. The molecule has 5 rings (SSSR count). The van der Waals surface area contributed by atoms with E-state index in [0.29, 0.717) is 25.1 Å². The van der Waals surface area contributed by atoms with E-state index in [0.717, 1.165) is 11.0 Å². The maximum absolute atomic E-state index is 14.4. The smallest absolute Gasteiger partial charge is 0.250 e. The summed E-state index contributed by atoms with van der Waals surface area (Å²) >= 11 is 0. The van der Waals surface area contributed by atoms with E-state index in [1.165, 1.54) is 11.1 Å². The van der Waals surface area contributed by atoms with Gasteiger partial charge >= 0.3 is 0 Å².